The van der Waals surface area contributed by atoms with Crippen LogP contribution < -0.4 is 11.1 Å². The van der Waals surface area contributed by atoms with Crippen LogP contribution in [0.1, 0.15) is 0 Å². The molecule has 0 saturated carbocycles. The number of carbonyl (C=O) groups is 1. The van der Waals surface area contributed by atoms with E-state index in [2.05, 4.69) is 10.3 Å². The number of amides is 1. The van der Waals surface area contributed by atoms with Crippen molar-refractivity contribution in [2.45, 2.75) is 0 Å². The minimum Gasteiger partial charge on any atom is -0.329 e. The molecule has 0 fully saturated rings. The highest BCUT2D eigenvalue weighted by molar-refractivity contribution is 6.32. The molecule has 1 aromatic heterocycles. The van der Waals surface area contributed by atoms with E-state index in [1.807, 2.05) is 11.9 Å². The summed E-state index contributed by atoms with van der Waals surface area (Å²) in [4.78, 5) is 17.3. The van der Waals surface area contributed by atoms with Gasteiger partial charge in [0.25, 0.3) is 0 Å². The van der Waals surface area contributed by atoms with Gasteiger partial charge in [-0.05, 0) is 19.2 Å². The lowest BCUT2D eigenvalue weighted by Gasteiger charge is -2.14. The molecule has 1 heterocycles. The molecule has 0 bridgehead atoms. The molecule has 1 amide bonds. The fraction of sp³-hybridized carbons (Fsp3) is 0.400. The van der Waals surface area contributed by atoms with E-state index in [9.17, 15) is 4.79 Å². The molecule has 0 atom stereocenters. The zero-order chi connectivity index (χ0) is 12.0. The summed E-state index contributed by atoms with van der Waals surface area (Å²) in [6, 6.07) is 3.42. The van der Waals surface area contributed by atoms with E-state index in [4.69, 9.17) is 17.3 Å². The predicted molar refractivity (Wildman–Crippen MR) is 64.4 cm³/mol. The molecule has 1 aromatic rings. The minimum atomic E-state index is -0.133. The van der Waals surface area contributed by atoms with Gasteiger partial charge >= 0.3 is 0 Å². The number of likely N-dealkylation sites (N-methyl/N-ethyl adjacent to an activating group) is 1. The number of hydrogen-bond acceptors (Lipinski definition) is 4. The van der Waals surface area contributed by atoms with Crippen LogP contribution in [0.5, 0.6) is 0 Å². The van der Waals surface area contributed by atoms with Crippen LogP contribution in [0.3, 0.4) is 0 Å². The SMILES string of the molecule is CN(CCN)CC(=O)Nc1cccnc1Cl. The first-order valence-electron chi connectivity index (χ1n) is 4.92. The first-order chi connectivity index (χ1) is 7.63. The molecule has 0 radical (unpaired) electrons. The van der Waals surface area contributed by atoms with Gasteiger partial charge in [0.1, 0.15) is 0 Å². The third kappa shape index (κ3) is 4.14. The van der Waals surface area contributed by atoms with Crippen molar-refractivity contribution in [1.82, 2.24) is 9.88 Å². The van der Waals surface area contributed by atoms with Gasteiger partial charge in [-0.15, -0.1) is 0 Å². The molecule has 3 N–H and O–H groups in total. The maximum atomic E-state index is 11.6. The van der Waals surface area contributed by atoms with Crippen LogP contribution in [-0.4, -0.2) is 42.5 Å². The van der Waals surface area contributed by atoms with E-state index < -0.39 is 0 Å². The molecule has 5 nitrogen and oxygen atoms in total. The number of aromatic nitrogens is 1. The van der Waals surface area contributed by atoms with E-state index in [1.54, 1.807) is 18.3 Å². The minimum absolute atomic E-state index is 0.133. The van der Waals surface area contributed by atoms with Gasteiger partial charge in [-0.1, -0.05) is 11.6 Å². The molecule has 88 valence electrons. The first kappa shape index (κ1) is 12.9. The summed E-state index contributed by atoms with van der Waals surface area (Å²) in [7, 11) is 1.83. The Kier molecular flexibility index (Phi) is 5.18. The number of nitrogens with zero attached hydrogens (tertiary/aromatic N) is 2. The van der Waals surface area contributed by atoms with Gasteiger partial charge in [0, 0.05) is 19.3 Å². The number of halogens is 1. The smallest absolute Gasteiger partial charge is 0.238 e. The van der Waals surface area contributed by atoms with Gasteiger partial charge in [0.15, 0.2) is 5.15 Å². The third-order valence-electron chi connectivity index (χ3n) is 1.96. The number of rotatable bonds is 5. The van der Waals surface area contributed by atoms with Crippen LogP contribution in [0.4, 0.5) is 5.69 Å². The van der Waals surface area contributed by atoms with Gasteiger partial charge < -0.3 is 11.1 Å². The second-order valence-electron chi connectivity index (χ2n) is 3.42. The average molecular weight is 243 g/mol. The van der Waals surface area contributed by atoms with E-state index in [-0.39, 0.29) is 17.6 Å². The number of hydrogen-bond donors (Lipinski definition) is 2. The Morgan fingerprint density at radius 3 is 3.06 bits per heavy atom. The van der Waals surface area contributed by atoms with Crippen molar-refractivity contribution in [3.63, 3.8) is 0 Å². The summed E-state index contributed by atoms with van der Waals surface area (Å²) in [6.07, 6.45) is 1.57. The van der Waals surface area contributed by atoms with Gasteiger partial charge in [-0.2, -0.15) is 0 Å². The molecule has 16 heavy (non-hydrogen) atoms. The zero-order valence-electron chi connectivity index (χ0n) is 9.11. The normalized spacial score (nSPS) is 10.5. The van der Waals surface area contributed by atoms with Gasteiger partial charge in [-0.3, -0.25) is 9.69 Å². The van der Waals surface area contributed by atoms with Crippen molar-refractivity contribution in [3.8, 4) is 0 Å². The summed E-state index contributed by atoms with van der Waals surface area (Å²) in [5, 5.41) is 2.97. The van der Waals surface area contributed by atoms with Crippen LogP contribution in [0, 0.1) is 0 Å². The van der Waals surface area contributed by atoms with Crippen molar-refractivity contribution < 1.29 is 4.79 Å². The van der Waals surface area contributed by atoms with Crippen molar-refractivity contribution in [3.05, 3.63) is 23.5 Å². The molecule has 0 aromatic carbocycles. The lowest BCUT2D eigenvalue weighted by Crippen LogP contribution is -2.33. The van der Waals surface area contributed by atoms with Crippen LogP contribution in [0.2, 0.25) is 5.15 Å². The summed E-state index contributed by atoms with van der Waals surface area (Å²) in [5.41, 5.74) is 5.90. The number of anilines is 1. The lowest BCUT2D eigenvalue weighted by molar-refractivity contribution is -0.117. The Morgan fingerprint density at radius 2 is 2.44 bits per heavy atom. The fourth-order valence-corrected chi connectivity index (χ4v) is 1.38. The Labute approximate surface area is 99.6 Å². The maximum Gasteiger partial charge on any atom is 0.238 e. The van der Waals surface area contributed by atoms with Crippen molar-refractivity contribution in [2.24, 2.45) is 5.73 Å². The summed E-state index contributed by atoms with van der Waals surface area (Å²) < 4.78 is 0. The molecule has 0 aliphatic heterocycles. The van der Waals surface area contributed by atoms with Crippen molar-refractivity contribution in [1.29, 1.82) is 0 Å². The number of nitrogens with two attached hydrogens (primary N) is 1. The van der Waals surface area contributed by atoms with Crippen LogP contribution in [-0.2, 0) is 4.79 Å². The van der Waals surface area contributed by atoms with Crippen LogP contribution in [0.25, 0.3) is 0 Å². The fourth-order valence-electron chi connectivity index (χ4n) is 1.21. The predicted octanol–water partition coefficient (Wildman–Crippen LogP) is 0.564. The first-order valence-corrected chi connectivity index (χ1v) is 5.30. The van der Waals surface area contributed by atoms with E-state index in [1.165, 1.54) is 0 Å². The van der Waals surface area contributed by atoms with Crippen LogP contribution >= 0.6 is 11.6 Å². The maximum absolute atomic E-state index is 11.6. The van der Waals surface area contributed by atoms with Gasteiger partial charge in [0.05, 0.1) is 12.2 Å². The zero-order valence-corrected chi connectivity index (χ0v) is 9.87. The lowest BCUT2D eigenvalue weighted by atomic mass is 10.4. The second kappa shape index (κ2) is 6.42. The number of carbonyl (C=O) groups excluding carboxylic acids is 1. The average Bonchev–Trinajstić information content (AvgIpc) is 2.21. The van der Waals surface area contributed by atoms with Crippen LogP contribution in [0.15, 0.2) is 18.3 Å². The Morgan fingerprint density at radius 1 is 1.69 bits per heavy atom. The Balaban J connectivity index is 2.49. The van der Waals surface area contributed by atoms with Gasteiger partial charge in [0.2, 0.25) is 5.91 Å². The standard InChI is InChI=1S/C10H15ClN4O/c1-15(6-4-12)7-9(16)14-8-3-2-5-13-10(8)11/h2-3,5H,4,6-7,12H2,1H3,(H,14,16). The number of nitrogens with one attached hydrogen (secondary N) is 1. The topological polar surface area (TPSA) is 71.2 Å². The van der Waals surface area contributed by atoms with Crippen molar-refractivity contribution in [2.75, 3.05) is 32.0 Å². The molecule has 1 rings (SSSR count). The highest BCUT2D eigenvalue weighted by Gasteiger charge is 2.08. The van der Waals surface area contributed by atoms with E-state index in [0.29, 0.717) is 18.8 Å². The summed E-state index contributed by atoms with van der Waals surface area (Å²) >= 11 is 5.81. The monoisotopic (exact) mass is 242 g/mol. The van der Waals surface area contributed by atoms with Crippen molar-refractivity contribution >= 4 is 23.2 Å². The Hall–Kier alpha value is -1.17. The quantitative estimate of drug-likeness (QED) is 0.741. The molecule has 6 heteroatoms. The summed E-state index contributed by atoms with van der Waals surface area (Å²) in [5.74, 6) is -0.133. The molecule has 0 unspecified atom stereocenters. The highest BCUT2D eigenvalue weighted by Crippen LogP contribution is 2.16. The molecular weight excluding hydrogens is 228 g/mol. The van der Waals surface area contributed by atoms with E-state index in [0.717, 1.165) is 0 Å². The molecule has 0 spiro atoms. The number of pyridine rings is 1. The molecule has 0 aliphatic carbocycles. The molecular formula is C10H15ClN4O. The highest BCUT2D eigenvalue weighted by atomic mass is 35.5. The second-order valence-corrected chi connectivity index (χ2v) is 3.77. The Bertz CT molecular complexity index is 358. The molecule has 0 aliphatic rings. The largest absolute Gasteiger partial charge is 0.329 e. The summed E-state index contributed by atoms with van der Waals surface area (Å²) in [6.45, 7) is 1.48. The third-order valence-corrected chi connectivity index (χ3v) is 2.26. The molecule has 0 saturated heterocycles. The van der Waals surface area contributed by atoms with Gasteiger partial charge in [-0.25, -0.2) is 4.98 Å². The van der Waals surface area contributed by atoms with E-state index >= 15 is 0 Å².